The molecule has 1 amide bonds. The number of nitrogens with zero attached hydrogens (tertiary/aromatic N) is 4. The van der Waals surface area contributed by atoms with Crippen molar-refractivity contribution in [3.63, 3.8) is 0 Å². The number of pyridine rings is 1. The first-order valence-electron chi connectivity index (χ1n) is 8.40. The predicted molar refractivity (Wildman–Crippen MR) is 98.2 cm³/mol. The number of carbonyl (C=O) groups is 1. The van der Waals surface area contributed by atoms with E-state index in [1.807, 2.05) is 17.6 Å². The van der Waals surface area contributed by atoms with Crippen molar-refractivity contribution in [2.24, 2.45) is 0 Å². The number of amides is 1. The number of carbonyl (C=O) groups excluding carboxylic acids is 1. The number of rotatable bonds is 3. The number of hydrogen-bond donors (Lipinski definition) is 0. The normalized spacial score (nSPS) is 21.2. The van der Waals surface area contributed by atoms with Crippen molar-refractivity contribution in [3.05, 3.63) is 53.2 Å². The zero-order chi connectivity index (χ0) is 17.2. The van der Waals surface area contributed by atoms with Gasteiger partial charge in [-0.1, -0.05) is 12.1 Å². The molecule has 1 saturated heterocycles. The Hall–Kier alpha value is -2.49. The number of nitriles is 1. The van der Waals surface area contributed by atoms with Crippen molar-refractivity contribution >= 4 is 27.8 Å². The monoisotopic (exact) mass is 350 g/mol. The molecule has 25 heavy (non-hydrogen) atoms. The van der Waals surface area contributed by atoms with Crippen LogP contribution >= 0.6 is 11.3 Å². The van der Waals surface area contributed by atoms with Crippen molar-refractivity contribution in [1.29, 1.82) is 5.26 Å². The van der Waals surface area contributed by atoms with Crippen LogP contribution < -0.4 is 4.90 Å². The average molecular weight is 350 g/mol. The Morgan fingerprint density at radius 3 is 3.04 bits per heavy atom. The highest BCUT2D eigenvalue weighted by molar-refractivity contribution is 7.14. The van der Waals surface area contributed by atoms with E-state index < -0.39 is 0 Å². The molecule has 5 nitrogen and oxygen atoms in total. The molecule has 2 aliphatic rings. The van der Waals surface area contributed by atoms with Crippen molar-refractivity contribution in [2.45, 2.75) is 18.9 Å². The van der Waals surface area contributed by atoms with E-state index in [9.17, 15) is 10.1 Å². The molecule has 126 valence electrons. The minimum atomic E-state index is -0.103. The summed E-state index contributed by atoms with van der Waals surface area (Å²) in [5.74, 6) is 0.117. The van der Waals surface area contributed by atoms with Crippen LogP contribution in [-0.4, -0.2) is 41.5 Å². The second-order valence-electron chi connectivity index (χ2n) is 6.28. The van der Waals surface area contributed by atoms with Gasteiger partial charge in [0, 0.05) is 32.0 Å². The van der Waals surface area contributed by atoms with Gasteiger partial charge in [0.1, 0.15) is 11.1 Å². The van der Waals surface area contributed by atoms with Gasteiger partial charge in [0.25, 0.3) is 0 Å². The molecule has 1 fully saturated rings. The highest BCUT2D eigenvalue weighted by Gasteiger charge is 2.38. The van der Waals surface area contributed by atoms with Crippen LogP contribution in [0.15, 0.2) is 42.0 Å². The number of anilines is 1. The standard InChI is InChI=1S/C19H18N4OS/c20-11-14-6-10-25-19(14)23-9-5-17(18(23)24)22-8-2-4-16(13-22)15-3-1-7-21-12-15/h1,3-4,6-7,10,12,17H,2,5,8-9,13H2. The Labute approximate surface area is 150 Å². The van der Waals surface area contributed by atoms with Gasteiger partial charge in [-0.05, 0) is 41.5 Å². The highest BCUT2D eigenvalue weighted by atomic mass is 32.1. The van der Waals surface area contributed by atoms with Crippen LogP contribution in [0, 0.1) is 11.3 Å². The Morgan fingerprint density at radius 1 is 1.32 bits per heavy atom. The maximum Gasteiger partial charge on any atom is 0.245 e. The molecule has 0 aromatic carbocycles. The smallest absolute Gasteiger partial charge is 0.245 e. The van der Waals surface area contributed by atoms with Crippen LogP contribution in [0.1, 0.15) is 24.0 Å². The third-order valence-electron chi connectivity index (χ3n) is 4.84. The lowest BCUT2D eigenvalue weighted by Gasteiger charge is -2.31. The third kappa shape index (κ3) is 2.97. The van der Waals surface area contributed by atoms with Crippen LogP contribution in [-0.2, 0) is 4.79 Å². The molecule has 1 atom stereocenters. The van der Waals surface area contributed by atoms with Crippen molar-refractivity contribution in [1.82, 2.24) is 9.88 Å². The number of hydrogen-bond acceptors (Lipinski definition) is 5. The summed E-state index contributed by atoms with van der Waals surface area (Å²) in [5.41, 5.74) is 2.95. The van der Waals surface area contributed by atoms with Gasteiger partial charge in [0.05, 0.1) is 11.6 Å². The average Bonchev–Trinajstić information content (AvgIpc) is 3.28. The van der Waals surface area contributed by atoms with E-state index in [2.05, 4.69) is 28.1 Å². The second-order valence-corrected chi connectivity index (χ2v) is 7.17. The summed E-state index contributed by atoms with van der Waals surface area (Å²) in [6.45, 7) is 2.34. The summed E-state index contributed by atoms with van der Waals surface area (Å²) in [7, 11) is 0. The zero-order valence-corrected chi connectivity index (χ0v) is 14.6. The van der Waals surface area contributed by atoms with Gasteiger partial charge < -0.3 is 4.90 Å². The van der Waals surface area contributed by atoms with Crippen molar-refractivity contribution < 1.29 is 4.79 Å². The molecule has 0 aliphatic carbocycles. The highest BCUT2D eigenvalue weighted by Crippen LogP contribution is 2.33. The van der Waals surface area contributed by atoms with E-state index in [0.29, 0.717) is 12.1 Å². The third-order valence-corrected chi connectivity index (χ3v) is 5.78. The van der Waals surface area contributed by atoms with Crippen molar-refractivity contribution in [3.8, 4) is 6.07 Å². The Morgan fingerprint density at radius 2 is 2.24 bits per heavy atom. The van der Waals surface area contributed by atoms with Gasteiger partial charge >= 0.3 is 0 Å². The minimum absolute atomic E-state index is 0.103. The van der Waals surface area contributed by atoms with Gasteiger partial charge in [0.15, 0.2) is 0 Å². The van der Waals surface area contributed by atoms with E-state index >= 15 is 0 Å². The van der Waals surface area contributed by atoms with Gasteiger partial charge in [0.2, 0.25) is 5.91 Å². The maximum absolute atomic E-state index is 13.0. The summed E-state index contributed by atoms with van der Waals surface area (Å²) >= 11 is 1.47. The molecule has 0 spiro atoms. The fourth-order valence-electron chi connectivity index (χ4n) is 3.60. The van der Waals surface area contributed by atoms with Gasteiger partial charge in [-0.15, -0.1) is 11.3 Å². The lowest BCUT2D eigenvalue weighted by Crippen LogP contribution is -2.44. The molecule has 6 heteroatoms. The summed E-state index contributed by atoms with van der Waals surface area (Å²) in [6, 6.07) is 7.87. The van der Waals surface area contributed by atoms with E-state index in [1.165, 1.54) is 16.9 Å². The Kier molecular flexibility index (Phi) is 4.35. The van der Waals surface area contributed by atoms with E-state index in [4.69, 9.17) is 0 Å². The molecule has 2 aromatic rings. The molecule has 0 N–H and O–H groups in total. The molecular weight excluding hydrogens is 332 g/mol. The fraction of sp³-hybridized carbons (Fsp3) is 0.316. The van der Waals surface area contributed by atoms with Crippen LogP contribution in [0.25, 0.3) is 5.57 Å². The molecule has 2 aromatic heterocycles. The van der Waals surface area contributed by atoms with Crippen LogP contribution in [0.5, 0.6) is 0 Å². The van der Waals surface area contributed by atoms with Crippen LogP contribution in [0.2, 0.25) is 0 Å². The molecule has 1 unspecified atom stereocenters. The van der Waals surface area contributed by atoms with Gasteiger partial charge in [-0.3, -0.25) is 14.7 Å². The second kappa shape index (κ2) is 6.79. The zero-order valence-electron chi connectivity index (χ0n) is 13.8. The molecule has 2 aliphatic heterocycles. The first kappa shape index (κ1) is 16.0. The number of thiophene rings is 1. The Balaban J connectivity index is 1.51. The topological polar surface area (TPSA) is 60.2 Å². The fourth-order valence-corrected chi connectivity index (χ4v) is 4.48. The molecular formula is C19H18N4OS. The SMILES string of the molecule is N#Cc1ccsc1N1CCC(N2CCC=C(c3cccnc3)C2)C1=O. The van der Waals surface area contributed by atoms with Gasteiger partial charge in [-0.25, -0.2) is 0 Å². The molecule has 4 heterocycles. The molecule has 0 bridgehead atoms. The van der Waals surface area contributed by atoms with Crippen molar-refractivity contribution in [2.75, 3.05) is 24.5 Å². The Bertz CT molecular complexity index is 852. The van der Waals surface area contributed by atoms with Crippen LogP contribution in [0.4, 0.5) is 5.00 Å². The van der Waals surface area contributed by atoms with E-state index in [1.54, 1.807) is 17.2 Å². The largest absolute Gasteiger partial charge is 0.301 e. The summed E-state index contributed by atoms with van der Waals surface area (Å²) in [6.07, 6.45) is 7.65. The predicted octanol–water partition coefficient (Wildman–Crippen LogP) is 2.91. The number of aromatic nitrogens is 1. The summed E-state index contributed by atoms with van der Waals surface area (Å²) in [4.78, 5) is 21.2. The quantitative estimate of drug-likeness (QED) is 0.854. The minimum Gasteiger partial charge on any atom is -0.301 e. The molecule has 4 rings (SSSR count). The first-order chi connectivity index (χ1) is 12.3. The van der Waals surface area contributed by atoms with Crippen LogP contribution in [0.3, 0.4) is 0 Å². The van der Waals surface area contributed by atoms with E-state index in [0.717, 1.165) is 36.5 Å². The first-order valence-corrected chi connectivity index (χ1v) is 9.28. The summed E-state index contributed by atoms with van der Waals surface area (Å²) in [5, 5.41) is 11.9. The lowest BCUT2D eigenvalue weighted by atomic mass is 10.0. The molecule has 0 saturated carbocycles. The summed E-state index contributed by atoms with van der Waals surface area (Å²) < 4.78 is 0. The lowest BCUT2D eigenvalue weighted by molar-refractivity contribution is -0.121. The molecule has 0 radical (unpaired) electrons. The maximum atomic E-state index is 13.0. The van der Waals surface area contributed by atoms with E-state index in [-0.39, 0.29) is 11.9 Å². The van der Waals surface area contributed by atoms with Gasteiger partial charge in [-0.2, -0.15) is 5.26 Å².